The molecular weight excluding hydrogens is 498 g/mol. The van der Waals surface area contributed by atoms with Gasteiger partial charge in [-0.1, -0.05) is 48.0 Å². The van der Waals surface area contributed by atoms with Gasteiger partial charge in [-0.05, 0) is 42.5 Å². The smallest absolute Gasteiger partial charge is 0.261 e. The van der Waals surface area contributed by atoms with E-state index in [9.17, 15) is 21.6 Å². The zero-order chi connectivity index (χ0) is 24.3. The molecule has 0 atom stereocenters. The molecule has 4 rings (SSSR count). The molecule has 1 saturated heterocycles. The molecule has 1 heterocycles. The number of anilines is 1. The highest BCUT2D eigenvalue weighted by Gasteiger charge is 2.30. The van der Waals surface area contributed by atoms with E-state index in [1.807, 2.05) is 0 Å². The Morgan fingerprint density at radius 3 is 1.88 bits per heavy atom. The maximum atomic E-state index is 13.0. The topological polar surface area (TPSA) is 104 Å². The molecule has 0 radical (unpaired) electrons. The molecule has 0 aromatic heterocycles. The lowest BCUT2D eigenvalue weighted by Crippen LogP contribution is -2.50. The Kier molecular flexibility index (Phi) is 6.94. The van der Waals surface area contributed by atoms with Crippen molar-refractivity contribution in [1.82, 2.24) is 9.21 Å². The van der Waals surface area contributed by atoms with Crippen LogP contribution in [-0.2, 0) is 20.0 Å². The molecule has 0 bridgehead atoms. The normalized spacial score (nSPS) is 15.1. The van der Waals surface area contributed by atoms with Crippen LogP contribution in [0.3, 0.4) is 0 Å². The zero-order valence-electron chi connectivity index (χ0n) is 18.0. The summed E-state index contributed by atoms with van der Waals surface area (Å²) in [5.74, 6) is -0.309. The van der Waals surface area contributed by atoms with Gasteiger partial charge in [0.25, 0.3) is 15.9 Å². The van der Waals surface area contributed by atoms with Crippen molar-refractivity contribution in [2.75, 3.05) is 30.9 Å². The molecule has 3 aromatic carbocycles. The van der Waals surface area contributed by atoms with Crippen molar-refractivity contribution < 1.29 is 21.6 Å². The summed E-state index contributed by atoms with van der Waals surface area (Å²) >= 11 is 6.27. The van der Waals surface area contributed by atoms with E-state index < -0.39 is 20.0 Å². The number of piperazine rings is 1. The van der Waals surface area contributed by atoms with E-state index in [1.54, 1.807) is 53.4 Å². The summed E-state index contributed by atoms with van der Waals surface area (Å²) in [6.45, 7) is 0.799. The van der Waals surface area contributed by atoms with Crippen LogP contribution in [0, 0.1) is 0 Å². The van der Waals surface area contributed by atoms with Crippen LogP contribution in [0.1, 0.15) is 10.4 Å². The molecule has 0 spiro atoms. The first-order valence-electron chi connectivity index (χ1n) is 10.4. The van der Waals surface area contributed by atoms with Crippen LogP contribution in [0.15, 0.2) is 88.7 Å². The number of carbonyl (C=O) groups is 1. The second-order valence-corrected chi connectivity index (χ2v) is 11.7. The lowest BCUT2D eigenvalue weighted by Gasteiger charge is -2.34. The minimum atomic E-state index is -3.82. The fourth-order valence-electron chi connectivity index (χ4n) is 3.59. The Hall–Kier alpha value is -2.92. The van der Waals surface area contributed by atoms with Crippen LogP contribution in [0.5, 0.6) is 0 Å². The number of carbonyl (C=O) groups excluding carboxylic acids is 1. The lowest BCUT2D eigenvalue weighted by atomic mass is 10.1. The number of nitrogens with zero attached hydrogens (tertiary/aromatic N) is 2. The first kappa shape index (κ1) is 24.2. The van der Waals surface area contributed by atoms with Gasteiger partial charge in [0, 0.05) is 31.7 Å². The van der Waals surface area contributed by atoms with E-state index in [0.29, 0.717) is 0 Å². The predicted octanol–water partition coefficient (Wildman–Crippen LogP) is 3.29. The summed E-state index contributed by atoms with van der Waals surface area (Å²) in [6, 6.07) is 20.4. The molecule has 178 valence electrons. The van der Waals surface area contributed by atoms with Crippen LogP contribution < -0.4 is 4.72 Å². The molecule has 1 amide bonds. The fraction of sp³-hybridized carbons (Fsp3) is 0.174. The van der Waals surface area contributed by atoms with Gasteiger partial charge in [-0.2, -0.15) is 4.31 Å². The van der Waals surface area contributed by atoms with Crippen molar-refractivity contribution in [3.63, 3.8) is 0 Å². The van der Waals surface area contributed by atoms with Gasteiger partial charge in [-0.25, -0.2) is 16.8 Å². The molecular formula is C23H22ClN3O5S2. The van der Waals surface area contributed by atoms with Crippen molar-refractivity contribution in [1.29, 1.82) is 0 Å². The van der Waals surface area contributed by atoms with Gasteiger partial charge in [0.05, 0.1) is 20.5 Å². The highest BCUT2D eigenvalue weighted by Crippen LogP contribution is 2.27. The van der Waals surface area contributed by atoms with Crippen molar-refractivity contribution in [3.05, 3.63) is 89.4 Å². The van der Waals surface area contributed by atoms with Gasteiger partial charge in [-0.3, -0.25) is 9.52 Å². The quantitative estimate of drug-likeness (QED) is 0.538. The number of rotatable bonds is 6. The van der Waals surface area contributed by atoms with Crippen molar-refractivity contribution >= 4 is 43.2 Å². The SMILES string of the molecule is O=C(c1ccc(NS(=O)(=O)c2ccccc2)c(Cl)c1)N1CCN(S(=O)(=O)c2ccccc2)CC1. The summed E-state index contributed by atoms with van der Waals surface area (Å²) < 4.78 is 54.4. The lowest BCUT2D eigenvalue weighted by molar-refractivity contribution is 0.0698. The number of benzene rings is 3. The fourth-order valence-corrected chi connectivity index (χ4v) is 6.42. The van der Waals surface area contributed by atoms with E-state index in [-0.39, 0.29) is 58.2 Å². The van der Waals surface area contributed by atoms with Crippen LogP contribution in [0.2, 0.25) is 5.02 Å². The van der Waals surface area contributed by atoms with Crippen LogP contribution in [0.4, 0.5) is 5.69 Å². The Morgan fingerprint density at radius 1 is 0.765 bits per heavy atom. The minimum absolute atomic E-state index is 0.0793. The van der Waals surface area contributed by atoms with Crippen LogP contribution in [0.25, 0.3) is 0 Å². The molecule has 1 aliphatic heterocycles. The molecule has 0 unspecified atom stereocenters. The third-order valence-corrected chi connectivity index (χ3v) is 9.03. The summed E-state index contributed by atoms with van der Waals surface area (Å²) in [5, 5.41) is 0.0793. The number of amides is 1. The third-order valence-electron chi connectivity index (χ3n) is 5.42. The van der Waals surface area contributed by atoms with Gasteiger partial charge in [0.2, 0.25) is 10.0 Å². The standard InChI is InChI=1S/C23H22ClN3O5S2/c24-21-17-18(11-12-22(21)25-33(29,30)19-7-3-1-4-8-19)23(28)26-13-15-27(16-14-26)34(31,32)20-9-5-2-6-10-20/h1-12,17,25H,13-16H2. The number of hydrogen-bond acceptors (Lipinski definition) is 5. The largest absolute Gasteiger partial charge is 0.336 e. The Balaban J connectivity index is 1.43. The molecule has 8 nitrogen and oxygen atoms in total. The van der Waals surface area contributed by atoms with Gasteiger partial charge < -0.3 is 4.90 Å². The highest BCUT2D eigenvalue weighted by atomic mass is 35.5. The molecule has 3 aromatic rings. The summed E-state index contributed by atoms with van der Waals surface area (Å²) in [6.07, 6.45) is 0. The van der Waals surface area contributed by atoms with E-state index >= 15 is 0 Å². The van der Waals surface area contributed by atoms with Crippen LogP contribution in [-0.4, -0.2) is 58.1 Å². The van der Waals surface area contributed by atoms with Crippen molar-refractivity contribution in [3.8, 4) is 0 Å². The number of sulfonamides is 2. The summed E-state index contributed by atoms with van der Waals surface area (Å²) in [7, 11) is -7.44. The first-order chi connectivity index (χ1) is 16.2. The van der Waals surface area contributed by atoms with Gasteiger partial charge in [-0.15, -0.1) is 0 Å². The van der Waals surface area contributed by atoms with Gasteiger partial charge >= 0.3 is 0 Å². The molecule has 0 saturated carbocycles. The van der Waals surface area contributed by atoms with Gasteiger partial charge in [0.15, 0.2) is 0 Å². The highest BCUT2D eigenvalue weighted by molar-refractivity contribution is 7.92. The first-order valence-corrected chi connectivity index (χ1v) is 13.7. The van der Waals surface area contributed by atoms with E-state index in [2.05, 4.69) is 4.72 Å². The Labute approximate surface area is 203 Å². The maximum absolute atomic E-state index is 13.0. The second kappa shape index (κ2) is 9.75. The Bertz CT molecular complexity index is 1390. The number of nitrogens with one attached hydrogen (secondary N) is 1. The van der Waals surface area contributed by atoms with Crippen LogP contribution >= 0.6 is 11.6 Å². The average molecular weight is 520 g/mol. The minimum Gasteiger partial charge on any atom is -0.336 e. The van der Waals surface area contributed by atoms with E-state index in [0.717, 1.165) is 0 Å². The molecule has 1 N–H and O–H groups in total. The second-order valence-electron chi connectivity index (χ2n) is 7.62. The third kappa shape index (κ3) is 5.10. The maximum Gasteiger partial charge on any atom is 0.261 e. The zero-order valence-corrected chi connectivity index (χ0v) is 20.4. The molecule has 0 aliphatic carbocycles. The summed E-state index contributed by atoms with van der Waals surface area (Å²) in [5.41, 5.74) is 0.438. The summed E-state index contributed by atoms with van der Waals surface area (Å²) in [4.78, 5) is 14.8. The number of halogens is 1. The monoisotopic (exact) mass is 519 g/mol. The number of hydrogen-bond donors (Lipinski definition) is 1. The predicted molar refractivity (Wildman–Crippen MR) is 130 cm³/mol. The van der Waals surface area contributed by atoms with Gasteiger partial charge in [0.1, 0.15) is 0 Å². The average Bonchev–Trinajstić information content (AvgIpc) is 2.86. The van der Waals surface area contributed by atoms with Crippen molar-refractivity contribution in [2.45, 2.75) is 9.79 Å². The molecule has 1 fully saturated rings. The van der Waals surface area contributed by atoms with Crippen molar-refractivity contribution in [2.24, 2.45) is 0 Å². The van der Waals surface area contributed by atoms with E-state index in [4.69, 9.17) is 11.6 Å². The molecule has 34 heavy (non-hydrogen) atoms. The molecule has 1 aliphatic rings. The molecule has 11 heteroatoms. The Morgan fingerprint density at radius 2 is 1.32 bits per heavy atom. The van der Waals surface area contributed by atoms with E-state index in [1.165, 1.54) is 34.6 Å².